The third-order valence-corrected chi connectivity index (χ3v) is 2.41. The van der Waals surface area contributed by atoms with Crippen LogP contribution < -0.4 is 11.1 Å². The van der Waals surface area contributed by atoms with E-state index in [-0.39, 0.29) is 5.91 Å². The van der Waals surface area contributed by atoms with E-state index in [1.165, 1.54) is 0 Å². The molecule has 0 bridgehead atoms. The lowest BCUT2D eigenvalue weighted by Gasteiger charge is -2.25. The molecule has 0 unspecified atom stereocenters. The maximum atomic E-state index is 12.0. The fourth-order valence-corrected chi connectivity index (χ4v) is 1.66. The van der Waals surface area contributed by atoms with Gasteiger partial charge in [-0.1, -0.05) is 6.07 Å². The summed E-state index contributed by atoms with van der Waals surface area (Å²) in [5.41, 5.74) is 7.44. The first kappa shape index (κ1) is 13.5. The molecule has 1 rings (SSSR count). The highest BCUT2D eigenvalue weighted by Gasteiger charge is 2.21. The van der Waals surface area contributed by atoms with Crippen molar-refractivity contribution in [2.75, 3.05) is 19.5 Å². The van der Waals surface area contributed by atoms with Crippen LogP contribution in [0.15, 0.2) is 18.2 Å². The number of nitrogen functional groups attached to an aromatic ring is 1. The highest BCUT2D eigenvalue weighted by Crippen LogP contribution is 2.15. The number of nitrogens with two attached hydrogens (primary N) is 1. The van der Waals surface area contributed by atoms with Gasteiger partial charge in [0.25, 0.3) is 5.91 Å². The van der Waals surface area contributed by atoms with E-state index < -0.39 is 5.54 Å². The molecule has 0 heterocycles. The van der Waals surface area contributed by atoms with Gasteiger partial charge in [-0.15, -0.1) is 0 Å². The Kier molecular flexibility index (Phi) is 4.12. The Bertz CT molecular complexity index is 414. The molecule has 0 aliphatic carbocycles. The van der Waals surface area contributed by atoms with Crippen molar-refractivity contribution in [3.05, 3.63) is 29.3 Å². The van der Waals surface area contributed by atoms with E-state index >= 15 is 0 Å². The van der Waals surface area contributed by atoms with Crippen LogP contribution in [0.5, 0.6) is 0 Å². The van der Waals surface area contributed by atoms with Crippen LogP contribution in [0.3, 0.4) is 0 Å². The van der Waals surface area contributed by atoms with Gasteiger partial charge in [0, 0.05) is 12.8 Å². The topological polar surface area (TPSA) is 64.3 Å². The van der Waals surface area contributed by atoms with Crippen LogP contribution in [0.4, 0.5) is 5.69 Å². The number of hydrogen-bond acceptors (Lipinski definition) is 3. The van der Waals surface area contributed by atoms with Gasteiger partial charge in [0.2, 0.25) is 0 Å². The number of ether oxygens (including phenoxy) is 1. The number of carbonyl (C=O) groups is 1. The van der Waals surface area contributed by atoms with Gasteiger partial charge in [0.1, 0.15) is 0 Å². The van der Waals surface area contributed by atoms with Gasteiger partial charge in [-0.2, -0.15) is 0 Å². The molecule has 0 saturated heterocycles. The minimum Gasteiger partial charge on any atom is -0.398 e. The SMILES string of the molecule is COCC(C)(C)NC(=O)c1ccc(C)cc1N. The molecule has 0 aromatic heterocycles. The van der Waals surface area contributed by atoms with Gasteiger partial charge < -0.3 is 15.8 Å². The van der Waals surface area contributed by atoms with Crippen LogP contribution in [0.2, 0.25) is 0 Å². The number of hydrogen-bond donors (Lipinski definition) is 2. The molecular formula is C13H20N2O2. The predicted molar refractivity (Wildman–Crippen MR) is 69.0 cm³/mol. The highest BCUT2D eigenvalue weighted by atomic mass is 16.5. The fraction of sp³-hybridized carbons (Fsp3) is 0.462. The van der Waals surface area contributed by atoms with Crippen molar-refractivity contribution in [1.29, 1.82) is 0 Å². The first-order valence-corrected chi connectivity index (χ1v) is 5.53. The maximum absolute atomic E-state index is 12.0. The zero-order valence-corrected chi connectivity index (χ0v) is 10.8. The van der Waals surface area contributed by atoms with Gasteiger partial charge in [-0.05, 0) is 38.5 Å². The molecule has 3 N–H and O–H groups in total. The Labute approximate surface area is 102 Å². The Hall–Kier alpha value is -1.55. The number of anilines is 1. The van der Waals surface area contributed by atoms with Crippen LogP contribution in [0.25, 0.3) is 0 Å². The molecule has 0 fully saturated rings. The summed E-state index contributed by atoms with van der Waals surface area (Å²) in [6.07, 6.45) is 0. The molecule has 1 aromatic carbocycles. The quantitative estimate of drug-likeness (QED) is 0.782. The van der Waals surface area contributed by atoms with Crippen LogP contribution >= 0.6 is 0 Å². The van der Waals surface area contributed by atoms with E-state index in [0.717, 1.165) is 5.56 Å². The maximum Gasteiger partial charge on any atom is 0.253 e. The number of carbonyl (C=O) groups excluding carboxylic acids is 1. The van der Waals surface area contributed by atoms with Gasteiger partial charge in [0.15, 0.2) is 0 Å². The summed E-state index contributed by atoms with van der Waals surface area (Å²) in [5.74, 6) is -0.176. The van der Waals surface area contributed by atoms with Crippen LogP contribution in [0, 0.1) is 6.92 Å². The Balaban J connectivity index is 2.83. The molecular weight excluding hydrogens is 216 g/mol. The second-order valence-electron chi connectivity index (χ2n) is 4.86. The molecule has 0 radical (unpaired) electrons. The van der Waals surface area contributed by atoms with Crippen molar-refractivity contribution in [1.82, 2.24) is 5.32 Å². The first-order valence-electron chi connectivity index (χ1n) is 5.53. The Morgan fingerprint density at radius 1 is 1.47 bits per heavy atom. The van der Waals surface area contributed by atoms with Crippen LogP contribution in [-0.2, 0) is 4.74 Å². The summed E-state index contributed by atoms with van der Waals surface area (Å²) >= 11 is 0. The third-order valence-electron chi connectivity index (χ3n) is 2.41. The lowest BCUT2D eigenvalue weighted by molar-refractivity contribution is 0.0821. The summed E-state index contributed by atoms with van der Waals surface area (Å²) in [4.78, 5) is 12.0. The van der Waals surface area contributed by atoms with Crippen LogP contribution in [-0.4, -0.2) is 25.2 Å². The number of benzene rings is 1. The van der Waals surface area contributed by atoms with Gasteiger partial charge >= 0.3 is 0 Å². The summed E-state index contributed by atoms with van der Waals surface area (Å²) in [5, 5.41) is 2.89. The first-order chi connectivity index (χ1) is 7.85. The molecule has 0 saturated carbocycles. The number of methoxy groups -OCH3 is 1. The second kappa shape index (κ2) is 5.19. The molecule has 17 heavy (non-hydrogen) atoms. The summed E-state index contributed by atoms with van der Waals surface area (Å²) in [7, 11) is 1.61. The van der Waals surface area contributed by atoms with E-state index in [1.807, 2.05) is 26.8 Å². The van der Waals surface area contributed by atoms with Crippen LogP contribution in [0.1, 0.15) is 29.8 Å². The molecule has 94 valence electrons. The van der Waals surface area contributed by atoms with E-state index in [0.29, 0.717) is 17.9 Å². The number of rotatable bonds is 4. The summed E-state index contributed by atoms with van der Waals surface area (Å²) in [6.45, 7) is 6.19. The largest absolute Gasteiger partial charge is 0.398 e. The van der Waals surface area contributed by atoms with Crippen molar-refractivity contribution in [3.63, 3.8) is 0 Å². The van der Waals surface area contributed by atoms with Crippen molar-refractivity contribution >= 4 is 11.6 Å². The van der Waals surface area contributed by atoms with Crippen molar-refractivity contribution < 1.29 is 9.53 Å². The lowest BCUT2D eigenvalue weighted by atomic mass is 10.0. The van der Waals surface area contributed by atoms with Gasteiger partial charge in [-0.3, -0.25) is 4.79 Å². The highest BCUT2D eigenvalue weighted by molar-refractivity contribution is 5.99. The minimum atomic E-state index is -0.414. The Morgan fingerprint density at radius 2 is 2.12 bits per heavy atom. The van der Waals surface area contributed by atoms with Crippen molar-refractivity contribution in [3.8, 4) is 0 Å². The third kappa shape index (κ3) is 3.75. The average molecular weight is 236 g/mol. The van der Waals surface area contributed by atoms with Crippen molar-refractivity contribution in [2.24, 2.45) is 0 Å². The lowest BCUT2D eigenvalue weighted by Crippen LogP contribution is -2.46. The van der Waals surface area contributed by atoms with Gasteiger partial charge in [0.05, 0.1) is 17.7 Å². The summed E-state index contributed by atoms with van der Waals surface area (Å²) in [6, 6.07) is 5.40. The van der Waals surface area contributed by atoms with E-state index in [9.17, 15) is 4.79 Å². The minimum absolute atomic E-state index is 0.176. The second-order valence-corrected chi connectivity index (χ2v) is 4.86. The number of nitrogens with one attached hydrogen (secondary N) is 1. The normalized spacial score (nSPS) is 11.3. The van der Waals surface area contributed by atoms with Crippen molar-refractivity contribution in [2.45, 2.75) is 26.3 Å². The standard InChI is InChI=1S/C13H20N2O2/c1-9-5-6-10(11(14)7-9)12(16)15-13(2,3)8-17-4/h5-7H,8,14H2,1-4H3,(H,15,16). The van der Waals surface area contributed by atoms with E-state index in [4.69, 9.17) is 10.5 Å². The summed E-state index contributed by atoms with van der Waals surface area (Å²) < 4.78 is 5.05. The average Bonchev–Trinajstić information content (AvgIpc) is 2.15. The molecule has 4 nitrogen and oxygen atoms in total. The predicted octanol–water partition coefficient (Wildman–Crippen LogP) is 1.73. The fourth-order valence-electron chi connectivity index (χ4n) is 1.66. The zero-order chi connectivity index (χ0) is 13.1. The zero-order valence-electron chi connectivity index (χ0n) is 10.8. The molecule has 0 atom stereocenters. The van der Waals surface area contributed by atoms with E-state index in [1.54, 1.807) is 19.2 Å². The number of amides is 1. The molecule has 0 aliphatic heterocycles. The Morgan fingerprint density at radius 3 is 2.65 bits per heavy atom. The molecule has 0 aliphatic rings. The van der Waals surface area contributed by atoms with Gasteiger partial charge in [-0.25, -0.2) is 0 Å². The number of aryl methyl sites for hydroxylation is 1. The monoisotopic (exact) mass is 236 g/mol. The molecule has 0 spiro atoms. The molecule has 1 aromatic rings. The van der Waals surface area contributed by atoms with E-state index in [2.05, 4.69) is 5.32 Å². The molecule has 4 heteroatoms. The smallest absolute Gasteiger partial charge is 0.253 e. The molecule has 1 amide bonds.